The molecule has 1 amide bonds. The second-order valence-corrected chi connectivity index (χ2v) is 6.63. The molecule has 0 bridgehead atoms. The van der Waals surface area contributed by atoms with E-state index in [-0.39, 0.29) is 0 Å². The molecular weight excluding hydrogens is 394 g/mol. The molecular formula is C21H18BrNO3. The Morgan fingerprint density at radius 1 is 0.846 bits per heavy atom. The smallest absolute Gasteiger partial charge is 0.252 e. The van der Waals surface area contributed by atoms with Crippen molar-refractivity contribution in [2.24, 2.45) is 5.73 Å². The Labute approximate surface area is 160 Å². The zero-order valence-corrected chi connectivity index (χ0v) is 15.6. The van der Waals surface area contributed by atoms with Gasteiger partial charge in [-0.1, -0.05) is 58.4 Å². The number of ether oxygens (including phenoxy) is 2. The Kier molecular flexibility index (Phi) is 5.92. The number of carbonyl (C=O) groups is 1. The van der Waals surface area contributed by atoms with Gasteiger partial charge in [0.25, 0.3) is 5.91 Å². The van der Waals surface area contributed by atoms with E-state index < -0.39 is 5.91 Å². The molecule has 0 radical (unpaired) electrons. The highest BCUT2D eigenvalue weighted by atomic mass is 79.9. The topological polar surface area (TPSA) is 61.6 Å². The quantitative estimate of drug-likeness (QED) is 0.612. The summed E-state index contributed by atoms with van der Waals surface area (Å²) >= 11 is 3.32. The molecule has 2 N–H and O–H groups in total. The largest absolute Gasteiger partial charge is 0.489 e. The molecule has 26 heavy (non-hydrogen) atoms. The van der Waals surface area contributed by atoms with Crippen LogP contribution in [0, 0.1) is 0 Å². The van der Waals surface area contributed by atoms with Crippen LogP contribution in [0.4, 0.5) is 0 Å². The fraction of sp³-hybridized carbons (Fsp3) is 0.0952. The van der Waals surface area contributed by atoms with Crippen LogP contribution in [0.5, 0.6) is 11.5 Å². The van der Waals surface area contributed by atoms with Gasteiger partial charge in [0.05, 0.1) is 5.56 Å². The number of hydrogen-bond acceptors (Lipinski definition) is 3. The van der Waals surface area contributed by atoms with E-state index in [9.17, 15) is 4.79 Å². The van der Waals surface area contributed by atoms with E-state index in [0.29, 0.717) is 24.5 Å². The van der Waals surface area contributed by atoms with Gasteiger partial charge in [-0.15, -0.1) is 0 Å². The Hall–Kier alpha value is -2.79. The lowest BCUT2D eigenvalue weighted by atomic mass is 10.2. The van der Waals surface area contributed by atoms with Gasteiger partial charge < -0.3 is 15.2 Å². The van der Waals surface area contributed by atoms with Crippen molar-refractivity contribution in [2.45, 2.75) is 13.2 Å². The van der Waals surface area contributed by atoms with Gasteiger partial charge in [0.15, 0.2) is 0 Å². The molecule has 4 nitrogen and oxygen atoms in total. The lowest BCUT2D eigenvalue weighted by Crippen LogP contribution is -2.13. The van der Waals surface area contributed by atoms with Gasteiger partial charge in [0, 0.05) is 4.47 Å². The molecule has 0 aliphatic heterocycles. The van der Waals surface area contributed by atoms with Crippen molar-refractivity contribution < 1.29 is 14.3 Å². The molecule has 0 unspecified atom stereocenters. The standard InChI is InChI=1S/C21H18BrNO3/c22-17-8-11-20(19(12-17)21(23)24)26-14-16-6-9-18(10-7-16)25-13-15-4-2-1-3-5-15/h1-12H,13-14H2,(H2,23,24). The van der Waals surface area contributed by atoms with Crippen LogP contribution in [0.3, 0.4) is 0 Å². The van der Waals surface area contributed by atoms with E-state index in [1.807, 2.05) is 60.7 Å². The van der Waals surface area contributed by atoms with Crippen LogP contribution in [-0.4, -0.2) is 5.91 Å². The lowest BCUT2D eigenvalue weighted by Gasteiger charge is -2.11. The Bertz CT molecular complexity index is 880. The van der Waals surface area contributed by atoms with Crippen molar-refractivity contribution in [1.82, 2.24) is 0 Å². The van der Waals surface area contributed by atoms with Crippen molar-refractivity contribution in [3.05, 3.63) is 94.0 Å². The number of carbonyl (C=O) groups excluding carboxylic acids is 1. The first-order chi connectivity index (χ1) is 12.6. The molecule has 3 rings (SSSR count). The highest BCUT2D eigenvalue weighted by Gasteiger charge is 2.10. The summed E-state index contributed by atoms with van der Waals surface area (Å²) in [5.74, 6) is 0.732. The second kappa shape index (κ2) is 8.54. The summed E-state index contributed by atoms with van der Waals surface area (Å²) < 4.78 is 12.3. The zero-order valence-electron chi connectivity index (χ0n) is 14.0. The summed E-state index contributed by atoms with van der Waals surface area (Å²) in [5, 5.41) is 0. The third-order valence-corrected chi connectivity index (χ3v) is 4.27. The predicted octanol–water partition coefficient (Wildman–Crippen LogP) is 4.71. The van der Waals surface area contributed by atoms with Crippen LogP contribution >= 0.6 is 15.9 Å². The SMILES string of the molecule is NC(=O)c1cc(Br)ccc1OCc1ccc(OCc2ccccc2)cc1. The second-order valence-electron chi connectivity index (χ2n) is 5.71. The van der Waals surface area contributed by atoms with E-state index >= 15 is 0 Å². The van der Waals surface area contributed by atoms with Crippen molar-refractivity contribution >= 4 is 21.8 Å². The molecule has 0 spiro atoms. The summed E-state index contributed by atoms with van der Waals surface area (Å²) in [6, 6.07) is 22.9. The van der Waals surface area contributed by atoms with E-state index in [1.165, 1.54) is 0 Å². The number of hydrogen-bond donors (Lipinski definition) is 1. The van der Waals surface area contributed by atoms with Crippen molar-refractivity contribution in [1.29, 1.82) is 0 Å². The van der Waals surface area contributed by atoms with Gasteiger partial charge >= 0.3 is 0 Å². The average molecular weight is 412 g/mol. The molecule has 0 aromatic heterocycles. The lowest BCUT2D eigenvalue weighted by molar-refractivity contribution is 0.0996. The minimum absolute atomic E-state index is 0.334. The summed E-state index contributed by atoms with van der Waals surface area (Å²) in [7, 11) is 0. The highest BCUT2D eigenvalue weighted by Crippen LogP contribution is 2.24. The van der Waals surface area contributed by atoms with Crippen LogP contribution in [0.1, 0.15) is 21.5 Å². The molecule has 0 fully saturated rings. The molecule has 0 aliphatic carbocycles. The van der Waals surface area contributed by atoms with E-state index in [0.717, 1.165) is 21.3 Å². The Morgan fingerprint density at radius 3 is 2.19 bits per heavy atom. The van der Waals surface area contributed by atoms with Gasteiger partial charge in [0.2, 0.25) is 0 Å². The maximum atomic E-state index is 11.5. The van der Waals surface area contributed by atoms with E-state index in [2.05, 4.69) is 15.9 Å². The predicted molar refractivity (Wildman–Crippen MR) is 104 cm³/mol. The van der Waals surface area contributed by atoms with E-state index in [1.54, 1.807) is 12.1 Å². The molecule has 3 aromatic carbocycles. The number of halogens is 1. The van der Waals surface area contributed by atoms with Gasteiger partial charge in [-0.2, -0.15) is 0 Å². The molecule has 0 heterocycles. The van der Waals surface area contributed by atoms with Gasteiger partial charge in [-0.25, -0.2) is 0 Å². The molecule has 3 aromatic rings. The maximum Gasteiger partial charge on any atom is 0.252 e. The minimum Gasteiger partial charge on any atom is -0.489 e. The minimum atomic E-state index is -0.522. The maximum absolute atomic E-state index is 11.5. The monoisotopic (exact) mass is 411 g/mol. The number of primary amides is 1. The van der Waals surface area contributed by atoms with Crippen LogP contribution in [0.25, 0.3) is 0 Å². The molecule has 132 valence electrons. The number of benzene rings is 3. The first kappa shape index (κ1) is 18.0. The first-order valence-corrected chi connectivity index (χ1v) is 8.89. The summed E-state index contributed by atoms with van der Waals surface area (Å²) in [5.41, 5.74) is 7.83. The highest BCUT2D eigenvalue weighted by molar-refractivity contribution is 9.10. The fourth-order valence-corrected chi connectivity index (χ4v) is 2.77. The fourth-order valence-electron chi connectivity index (χ4n) is 2.40. The van der Waals surface area contributed by atoms with Gasteiger partial charge in [-0.05, 0) is 41.5 Å². The molecule has 0 aliphatic rings. The Balaban J connectivity index is 1.59. The molecule has 0 atom stereocenters. The average Bonchev–Trinajstić information content (AvgIpc) is 2.67. The molecule has 0 saturated carbocycles. The van der Waals surface area contributed by atoms with Crippen LogP contribution < -0.4 is 15.2 Å². The summed E-state index contributed by atoms with van der Waals surface area (Å²) in [4.78, 5) is 11.5. The number of amides is 1. The normalized spacial score (nSPS) is 10.3. The molecule has 0 saturated heterocycles. The summed E-state index contributed by atoms with van der Waals surface area (Å²) in [6.07, 6.45) is 0. The van der Waals surface area contributed by atoms with E-state index in [4.69, 9.17) is 15.2 Å². The van der Waals surface area contributed by atoms with Crippen molar-refractivity contribution in [2.75, 3.05) is 0 Å². The molecule has 5 heteroatoms. The third-order valence-electron chi connectivity index (χ3n) is 3.77. The van der Waals surface area contributed by atoms with Gasteiger partial charge in [0.1, 0.15) is 24.7 Å². The van der Waals surface area contributed by atoms with Crippen molar-refractivity contribution in [3.8, 4) is 11.5 Å². The zero-order chi connectivity index (χ0) is 18.4. The van der Waals surface area contributed by atoms with Crippen LogP contribution in [0.2, 0.25) is 0 Å². The number of nitrogens with two attached hydrogens (primary N) is 1. The summed E-state index contributed by atoms with van der Waals surface area (Å²) in [6.45, 7) is 0.860. The third kappa shape index (κ3) is 4.86. The van der Waals surface area contributed by atoms with Crippen LogP contribution in [0.15, 0.2) is 77.3 Å². The van der Waals surface area contributed by atoms with Crippen LogP contribution in [-0.2, 0) is 13.2 Å². The Morgan fingerprint density at radius 2 is 1.50 bits per heavy atom. The number of rotatable bonds is 7. The van der Waals surface area contributed by atoms with Gasteiger partial charge in [-0.3, -0.25) is 4.79 Å². The first-order valence-electron chi connectivity index (χ1n) is 8.09. The van der Waals surface area contributed by atoms with Crippen molar-refractivity contribution in [3.63, 3.8) is 0 Å².